The van der Waals surface area contributed by atoms with Gasteiger partial charge in [0.25, 0.3) is 0 Å². The maximum absolute atomic E-state index is 12.8. The molecule has 0 fully saturated rings. The van der Waals surface area contributed by atoms with E-state index in [0.29, 0.717) is 5.56 Å². The normalized spacial score (nSPS) is 12.1. The van der Waals surface area contributed by atoms with Gasteiger partial charge in [-0.05, 0) is 19.9 Å². The third-order valence-electron chi connectivity index (χ3n) is 2.56. The van der Waals surface area contributed by atoms with Crippen molar-refractivity contribution in [1.82, 2.24) is 0 Å². The Bertz CT molecular complexity index is 453. The number of alkyl halides is 3. The monoisotopic (exact) mass is 242 g/mol. The number of hydrogen-bond acceptors (Lipinski definition) is 1. The third-order valence-corrected chi connectivity index (χ3v) is 2.56. The first kappa shape index (κ1) is 13.4. The summed E-state index contributed by atoms with van der Waals surface area (Å²) < 4.78 is 43.2. The fourth-order valence-corrected chi connectivity index (χ4v) is 1.55. The molecule has 0 radical (unpaired) electrons. The minimum absolute atomic E-state index is 0.206. The Morgan fingerprint density at radius 3 is 2.12 bits per heavy atom. The van der Waals surface area contributed by atoms with Gasteiger partial charge in [0.05, 0.1) is 18.1 Å². The molecule has 0 atom stereocenters. The summed E-state index contributed by atoms with van der Waals surface area (Å²) in [4.78, 5) is 0. The van der Waals surface area contributed by atoms with Crippen LogP contribution in [0.5, 0.6) is 5.75 Å². The number of ether oxygens (including phenoxy) is 1. The Balaban J connectivity index is 3.51. The molecule has 1 aromatic rings. The number of halogens is 3. The molecular formula is C13H13F3O. The lowest BCUT2D eigenvalue weighted by atomic mass is 9.84. The number of para-hydroxylation sites is 1. The molecule has 1 aromatic carbocycles. The summed E-state index contributed by atoms with van der Waals surface area (Å²) in [6.45, 7) is 3.34. The van der Waals surface area contributed by atoms with E-state index in [1.54, 1.807) is 19.9 Å². The summed E-state index contributed by atoms with van der Waals surface area (Å²) in [6, 6.07) is 3.86. The summed E-state index contributed by atoms with van der Waals surface area (Å²) in [5.41, 5.74) is -1.26. The highest BCUT2D eigenvalue weighted by Gasteiger charge is 2.37. The van der Waals surface area contributed by atoms with Crippen molar-refractivity contribution < 1.29 is 17.9 Å². The first-order valence-electron chi connectivity index (χ1n) is 4.96. The van der Waals surface area contributed by atoms with Crippen LogP contribution in [0, 0.1) is 12.3 Å². The standard InChI is InChI=1S/C13H13F3O/c1-5-12(2,3)9-7-6-8-10(11(9)17-4)13(14,15)16/h1,6-8H,2-4H3. The minimum Gasteiger partial charge on any atom is -0.496 e. The van der Waals surface area contributed by atoms with Crippen LogP contribution in [0.1, 0.15) is 25.0 Å². The van der Waals surface area contributed by atoms with Crippen LogP contribution in [0.15, 0.2) is 18.2 Å². The van der Waals surface area contributed by atoms with Gasteiger partial charge in [-0.1, -0.05) is 18.1 Å². The van der Waals surface area contributed by atoms with Crippen LogP contribution in [-0.4, -0.2) is 7.11 Å². The van der Waals surface area contributed by atoms with Crippen molar-refractivity contribution in [2.45, 2.75) is 25.4 Å². The van der Waals surface area contributed by atoms with Crippen LogP contribution < -0.4 is 4.74 Å². The predicted molar refractivity (Wildman–Crippen MR) is 59.9 cm³/mol. The zero-order valence-corrected chi connectivity index (χ0v) is 9.85. The fourth-order valence-electron chi connectivity index (χ4n) is 1.55. The lowest BCUT2D eigenvalue weighted by Crippen LogP contribution is -2.18. The third kappa shape index (κ3) is 2.55. The Morgan fingerprint density at radius 1 is 1.18 bits per heavy atom. The van der Waals surface area contributed by atoms with E-state index in [2.05, 4.69) is 5.92 Å². The average molecular weight is 242 g/mol. The molecule has 4 heteroatoms. The van der Waals surface area contributed by atoms with Crippen LogP contribution >= 0.6 is 0 Å². The average Bonchev–Trinajstić information content (AvgIpc) is 2.26. The quantitative estimate of drug-likeness (QED) is 0.720. The molecule has 0 aliphatic carbocycles. The van der Waals surface area contributed by atoms with Gasteiger partial charge in [0.2, 0.25) is 0 Å². The molecule has 0 aliphatic rings. The van der Waals surface area contributed by atoms with Crippen molar-refractivity contribution in [2.75, 3.05) is 7.11 Å². The number of hydrogen-bond donors (Lipinski definition) is 0. The number of rotatable bonds is 2. The highest BCUT2D eigenvalue weighted by Crippen LogP contribution is 2.41. The molecule has 92 valence electrons. The van der Waals surface area contributed by atoms with E-state index in [0.717, 1.165) is 6.07 Å². The van der Waals surface area contributed by atoms with Crippen LogP contribution in [0.25, 0.3) is 0 Å². The summed E-state index contributed by atoms with van der Waals surface area (Å²) in [5, 5.41) is 0. The minimum atomic E-state index is -4.45. The molecule has 1 rings (SSSR count). The second kappa shape index (κ2) is 4.33. The van der Waals surface area contributed by atoms with Gasteiger partial charge < -0.3 is 4.74 Å². The van der Waals surface area contributed by atoms with Gasteiger partial charge in [0.1, 0.15) is 5.75 Å². The van der Waals surface area contributed by atoms with E-state index in [9.17, 15) is 13.2 Å². The Kier molecular flexibility index (Phi) is 3.42. The first-order chi connectivity index (χ1) is 7.74. The van der Waals surface area contributed by atoms with Gasteiger partial charge in [0, 0.05) is 5.56 Å². The molecule has 0 saturated heterocycles. The first-order valence-corrected chi connectivity index (χ1v) is 4.96. The van der Waals surface area contributed by atoms with E-state index < -0.39 is 17.2 Å². The number of benzene rings is 1. The van der Waals surface area contributed by atoms with E-state index >= 15 is 0 Å². The predicted octanol–water partition coefficient (Wildman–Crippen LogP) is 3.62. The SMILES string of the molecule is C#CC(C)(C)c1cccc(C(F)(F)F)c1OC. The molecule has 1 nitrogen and oxygen atoms in total. The number of methoxy groups -OCH3 is 1. The number of terminal acetylenes is 1. The van der Waals surface area contributed by atoms with Crippen molar-refractivity contribution in [3.8, 4) is 18.1 Å². The molecular weight excluding hydrogens is 229 g/mol. The second-order valence-corrected chi connectivity index (χ2v) is 4.15. The Labute approximate surface area is 98.6 Å². The maximum Gasteiger partial charge on any atom is 0.419 e. The zero-order chi connectivity index (χ0) is 13.3. The fraction of sp³-hybridized carbons (Fsp3) is 0.385. The van der Waals surface area contributed by atoms with E-state index in [1.807, 2.05) is 0 Å². The second-order valence-electron chi connectivity index (χ2n) is 4.15. The molecule has 0 aromatic heterocycles. The van der Waals surface area contributed by atoms with Gasteiger partial charge in [-0.3, -0.25) is 0 Å². The van der Waals surface area contributed by atoms with Gasteiger partial charge >= 0.3 is 6.18 Å². The van der Waals surface area contributed by atoms with Crippen molar-refractivity contribution >= 4 is 0 Å². The summed E-state index contributed by atoms with van der Waals surface area (Å²) in [5.74, 6) is 2.26. The molecule has 0 aliphatic heterocycles. The van der Waals surface area contributed by atoms with E-state index in [-0.39, 0.29) is 5.75 Å². The molecule has 0 spiro atoms. The topological polar surface area (TPSA) is 9.23 Å². The van der Waals surface area contributed by atoms with Crippen molar-refractivity contribution in [2.24, 2.45) is 0 Å². The smallest absolute Gasteiger partial charge is 0.419 e. The van der Waals surface area contributed by atoms with Gasteiger partial charge in [0.15, 0.2) is 0 Å². The summed E-state index contributed by atoms with van der Waals surface area (Å²) >= 11 is 0. The maximum atomic E-state index is 12.8. The largest absolute Gasteiger partial charge is 0.496 e. The molecule has 0 saturated carbocycles. The van der Waals surface area contributed by atoms with Crippen molar-refractivity contribution in [3.05, 3.63) is 29.3 Å². The molecule has 0 N–H and O–H groups in total. The van der Waals surface area contributed by atoms with E-state index in [4.69, 9.17) is 11.2 Å². The highest BCUT2D eigenvalue weighted by molar-refractivity contribution is 5.49. The zero-order valence-electron chi connectivity index (χ0n) is 9.85. The van der Waals surface area contributed by atoms with Gasteiger partial charge in [-0.15, -0.1) is 6.42 Å². The van der Waals surface area contributed by atoms with Crippen LogP contribution in [0.2, 0.25) is 0 Å². The Hall–Kier alpha value is -1.63. The van der Waals surface area contributed by atoms with Crippen LogP contribution in [-0.2, 0) is 11.6 Å². The van der Waals surface area contributed by atoms with Crippen molar-refractivity contribution in [3.63, 3.8) is 0 Å². The van der Waals surface area contributed by atoms with Gasteiger partial charge in [-0.2, -0.15) is 13.2 Å². The summed E-state index contributed by atoms with van der Waals surface area (Å²) in [6.07, 6.45) is 0.882. The van der Waals surface area contributed by atoms with E-state index in [1.165, 1.54) is 13.2 Å². The highest BCUT2D eigenvalue weighted by atomic mass is 19.4. The molecule has 0 unspecified atom stereocenters. The molecule has 0 amide bonds. The van der Waals surface area contributed by atoms with Gasteiger partial charge in [-0.25, -0.2) is 0 Å². The van der Waals surface area contributed by atoms with Crippen LogP contribution in [0.4, 0.5) is 13.2 Å². The lowest BCUT2D eigenvalue weighted by molar-refractivity contribution is -0.138. The Morgan fingerprint density at radius 2 is 1.71 bits per heavy atom. The van der Waals surface area contributed by atoms with Crippen LogP contribution in [0.3, 0.4) is 0 Å². The molecule has 0 heterocycles. The molecule has 0 bridgehead atoms. The summed E-state index contributed by atoms with van der Waals surface area (Å²) in [7, 11) is 1.21. The van der Waals surface area contributed by atoms with Crippen molar-refractivity contribution in [1.29, 1.82) is 0 Å². The lowest BCUT2D eigenvalue weighted by Gasteiger charge is -2.23. The molecule has 17 heavy (non-hydrogen) atoms.